The smallest absolute Gasteiger partial charge is 0.249 e. The van der Waals surface area contributed by atoms with Gasteiger partial charge in [-0.2, -0.15) is 20.7 Å². The van der Waals surface area contributed by atoms with E-state index in [4.69, 9.17) is 0 Å². The van der Waals surface area contributed by atoms with Crippen LogP contribution in [0.15, 0.2) is 52.1 Å². The van der Waals surface area contributed by atoms with Crippen molar-refractivity contribution in [1.29, 1.82) is 0 Å². The molecule has 0 spiro atoms. The Bertz CT molecular complexity index is 1150. The molecular formula is C19H18N4O3S2. The molecule has 1 aromatic carbocycles. The minimum atomic E-state index is -3.63. The molecule has 0 radical (unpaired) electrons. The lowest BCUT2D eigenvalue weighted by molar-refractivity contribution is -0.111. The molecule has 0 unspecified atom stereocenters. The van der Waals surface area contributed by atoms with Crippen molar-refractivity contribution in [3.05, 3.63) is 69.6 Å². The number of aromatic nitrogens is 2. The summed E-state index contributed by atoms with van der Waals surface area (Å²) in [6.45, 7) is 2.13. The lowest BCUT2D eigenvalue weighted by Gasteiger charge is -2.17. The van der Waals surface area contributed by atoms with Gasteiger partial charge in [0.2, 0.25) is 15.9 Å². The Morgan fingerprint density at radius 2 is 2.11 bits per heavy atom. The Balaban J connectivity index is 1.50. The molecule has 1 aliphatic rings. The predicted octanol–water partition coefficient (Wildman–Crippen LogP) is 3.14. The second kappa shape index (κ2) is 7.34. The molecule has 0 bridgehead atoms. The van der Waals surface area contributed by atoms with Crippen LogP contribution in [0.3, 0.4) is 0 Å². The van der Waals surface area contributed by atoms with Gasteiger partial charge in [-0.05, 0) is 47.0 Å². The van der Waals surface area contributed by atoms with Crippen molar-refractivity contribution in [2.75, 3.05) is 5.32 Å². The van der Waals surface area contributed by atoms with E-state index in [1.165, 1.54) is 10.4 Å². The molecule has 1 aliphatic heterocycles. The number of nitrogens with one attached hydrogen (secondary N) is 2. The first kappa shape index (κ1) is 18.6. The number of fused-ring (bicyclic) bond motifs is 1. The van der Waals surface area contributed by atoms with Crippen LogP contribution in [0.2, 0.25) is 0 Å². The van der Waals surface area contributed by atoms with Gasteiger partial charge in [0.1, 0.15) is 0 Å². The molecule has 0 saturated heterocycles. The van der Waals surface area contributed by atoms with Crippen molar-refractivity contribution >= 4 is 39.2 Å². The largest absolute Gasteiger partial charge is 0.305 e. The summed E-state index contributed by atoms with van der Waals surface area (Å²) in [5.74, 6) is 0.0400. The Morgan fingerprint density at radius 3 is 2.86 bits per heavy atom. The second-order valence-electron chi connectivity index (χ2n) is 6.45. The average Bonchev–Trinajstić information content (AvgIpc) is 3.39. The minimum Gasteiger partial charge on any atom is -0.305 e. The highest BCUT2D eigenvalue weighted by Crippen LogP contribution is 2.32. The fraction of sp³-hybridized carbons (Fsp3) is 0.158. The standard InChI is InChI=1S/C19H18N4O3S2/c1-13-4-2-3-5-17(13)28(25,26)23-10-15-16(11-23)21-22-19(15)20-18(24)7-6-14-8-9-27-12-14/h2-9,12H,10-11H2,1H3,(H2,20,21,22,24). The third-order valence-corrected chi connectivity index (χ3v) is 7.20. The molecule has 9 heteroatoms. The van der Waals surface area contributed by atoms with Crippen molar-refractivity contribution < 1.29 is 13.2 Å². The predicted molar refractivity (Wildman–Crippen MR) is 108 cm³/mol. The van der Waals surface area contributed by atoms with E-state index in [1.807, 2.05) is 22.9 Å². The summed E-state index contributed by atoms with van der Waals surface area (Å²) >= 11 is 1.55. The zero-order valence-corrected chi connectivity index (χ0v) is 16.7. The Kier molecular flexibility index (Phi) is 4.88. The summed E-state index contributed by atoms with van der Waals surface area (Å²) in [5, 5.41) is 13.5. The maximum absolute atomic E-state index is 13.0. The fourth-order valence-electron chi connectivity index (χ4n) is 3.07. The molecule has 0 saturated carbocycles. The molecule has 0 fully saturated rings. The Hall–Kier alpha value is -2.75. The van der Waals surface area contributed by atoms with Crippen LogP contribution in [0.25, 0.3) is 6.08 Å². The number of hydrogen-bond acceptors (Lipinski definition) is 5. The first-order valence-corrected chi connectivity index (χ1v) is 11.0. The van der Waals surface area contributed by atoms with Crippen molar-refractivity contribution in [3.8, 4) is 0 Å². The number of carbonyl (C=O) groups excluding carboxylic acids is 1. The highest BCUT2D eigenvalue weighted by Gasteiger charge is 2.34. The van der Waals surface area contributed by atoms with Gasteiger partial charge in [-0.3, -0.25) is 9.89 Å². The average molecular weight is 415 g/mol. The molecule has 144 valence electrons. The molecule has 7 nitrogen and oxygen atoms in total. The van der Waals surface area contributed by atoms with Crippen molar-refractivity contribution in [2.24, 2.45) is 0 Å². The summed E-state index contributed by atoms with van der Waals surface area (Å²) in [6.07, 6.45) is 3.15. The number of carbonyl (C=O) groups is 1. The molecule has 1 amide bonds. The van der Waals surface area contributed by atoms with E-state index in [2.05, 4.69) is 15.5 Å². The molecule has 3 heterocycles. The molecule has 3 aromatic rings. The van der Waals surface area contributed by atoms with E-state index in [-0.39, 0.29) is 23.9 Å². The third kappa shape index (κ3) is 3.51. The maximum Gasteiger partial charge on any atom is 0.249 e. The zero-order chi connectivity index (χ0) is 19.7. The summed E-state index contributed by atoms with van der Waals surface area (Å²) in [6, 6.07) is 8.81. The van der Waals surface area contributed by atoms with Gasteiger partial charge in [-0.25, -0.2) is 8.42 Å². The fourth-order valence-corrected chi connectivity index (χ4v) is 5.30. The van der Waals surface area contributed by atoms with Gasteiger partial charge in [0.15, 0.2) is 5.82 Å². The zero-order valence-electron chi connectivity index (χ0n) is 15.0. The maximum atomic E-state index is 13.0. The van der Waals surface area contributed by atoms with Crippen LogP contribution in [-0.4, -0.2) is 28.8 Å². The Labute approximate surface area is 166 Å². The number of aryl methyl sites for hydroxylation is 1. The van der Waals surface area contributed by atoms with E-state index >= 15 is 0 Å². The van der Waals surface area contributed by atoms with Crippen LogP contribution in [0, 0.1) is 6.92 Å². The van der Waals surface area contributed by atoms with E-state index in [1.54, 1.807) is 42.5 Å². The van der Waals surface area contributed by atoms with E-state index < -0.39 is 10.0 Å². The molecule has 0 atom stereocenters. The lowest BCUT2D eigenvalue weighted by atomic mass is 10.2. The number of thiophene rings is 1. The topological polar surface area (TPSA) is 95.2 Å². The van der Waals surface area contributed by atoms with E-state index in [0.717, 1.165) is 5.56 Å². The van der Waals surface area contributed by atoms with E-state index in [9.17, 15) is 13.2 Å². The van der Waals surface area contributed by atoms with Crippen LogP contribution in [0.1, 0.15) is 22.4 Å². The quantitative estimate of drug-likeness (QED) is 0.627. The normalized spacial score (nSPS) is 14.5. The summed E-state index contributed by atoms with van der Waals surface area (Å²) in [5.41, 5.74) is 3.02. The number of rotatable bonds is 5. The molecule has 28 heavy (non-hydrogen) atoms. The van der Waals surface area contributed by atoms with Crippen molar-refractivity contribution in [1.82, 2.24) is 14.5 Å². The monoisotopic (exact) mass is 414 g/mol. The van der Waals surface area contributed by atoms with Crippen LogP contribution >= 0.6 is 11.3 Å². The first-order valence-electron chi connectivity index (χ1n) is 8.58. The highest BCUT2D eigenvalue weighted by atomic mass is 32.2. The third-order valence-electron chi connectivity index (χ3n) is 4.55. The van der Waals surface area contributed by atoms with Crippen LogP contribution in [0.4, 0.5) is 5.82 Å². The number of H-pyrrole nitrogens is 1. The van der Waals surface area contributed by atoms with Crippen molar-refractivity contribution in [2.45, 2.75) is 24.9 Å². The van der Waals surface area contributed by atoms with Gasteiger partial charge < -0.3 is 5.32 Å². The Morgan fingerprint density at radius 1 is 1.29 bits per heavy atom. The van der Waals surface area contributed by atoms with Gasteiger partial charge in [0.25, 0.3) is 0 Å². The summed E-state index contributed by atoms with van der Waals surface area (Å²) in [7, 11) is -3.63. The summed E-state index contributed by atoms with van der Waals surface area (Å²) < 4.78 is 27.4. The summed E-state index contributed by atoms with van der Waals surface area (Å²) in [4.78, 5) is 12.5. The van der Waals surface area contributed by atoms with Crippen LogP contribution < -0.4 is 5.32 Å². The van der Waals surface area contributed by atoms with Gasteiger partial charge in [-0.15, -0.1) is 0 Å². The number of nitrogens with zero attached hydrogens (tertiary/aromatic N) is 2. The van der Waals surface area contributed by atoms with E-state index in [0.29, 0.717) is 22.6 Å². The second-order valence-corrected chi connectivity index (χ2v) is 9.13. The molecule has 0 aliphatic carbocycles. The number of anilines is 1. The van der Waals surface area contributed by atoms with Crippen LogP contribution in [-0.2, 0) is 27.9 Å². The van der Waals surface area contributed by atoms with Crippen LogP contribution in [0.5, 0.6) is 0 Å². The van der Waals surface area contributed by atoms with Gasteiger partial charge >= 0.3 is 0 Å². The SMILES string of the molecule is Cc1ccccc1S(=O)(=O)N1Cc2[nH]nc(NC(=O)C=Cc3ccsc3)c2C1. The number of sulfonamides is 1. The molecule has 4 rings (SSSR count). The highest BCUT2D eigenvalue weighted by molar-refractivity contribution is 7.89. The molecular weight excluding hydrogens is 396 g/mol. The molecule has 2 N–H and O–H groups in total. The van der Waals surface area contributed by atoms with Gasteiger partial charge in [0, 0.05) is 18.2 Å². The van der Waals surface area contributed by atoms with Gasteiger partial charge in [-0.1, -0.05) is 18.2 Å². The minimum absolute atomic E-state index is 0.159. The van der Waals surface area contributed by atoms with Crippen molar-refractivity contribution in [3.63, 3.8) is 0 Å². The first-order chi connectivity index (χ1) is 13.4. The number of amides is 1. The molecule has 2 aromatic heterocycles. The number of hydrogen-bond donors (Lipinski definition) is 2. The van der Waals surface area contributed by atoms with Gasteiger partial charge in [0.05, 0.1) is 17.1 Å². The number of aromatic amines is 1. The number of benzene rings is 1. The lowest BCUT2D eigenvalue weighted by Crippen LogP contribution is -2.27.